The number of aldehydes is 1. The second-order valence-corrected chi connectivity index (χ2v) is 5.58. The third-order valence-electron chi connectivity index (χ3n) is 3.21. The van der Waals surface area contributed by atoms with Gasteiger partial charge in [0.25, 0.3) is 0 Å². The Labute approximate surface area is 130 Å². The molecular weight excluding hydrogens is 330 g/mol. The molecule has 0 amide bonds. The predicted molar refractivity (Wildman–Crippen MR) is 84.6 cm³/mol. The maximum absolute atomic E-state index is 11.3. The topological polar surface area (TPSA) is 47.8 Å². The summed E-state index contributed by atoms with van der Waals surface area (Å²) in [5.41, 5.74) is 4.03. The second kappa shape index (κ2) is 5.61. The highest BCUT2D eigenvalue weighted by atomic mass is 79.9. The van der Waals surface area contributed by atoms with Crippen molar-refractivity contribution in [2.75, 3.05) is 0 Å². The van der Waals surface area contributed by atoms with Gasteiger partial charge in [0.05, 0.1) is 11.3 Å². The van der Waals surface area contributed by atoms with E-state index in [1.807, 2.05) is 37.3 Å². The van der Waals surface area contributed by atoms with Gasteiger partial charge < -0.3 is 0 Å². The van der Waals surface area contributed by atoms with Crippen LogP contribution in [0.1, 0.15) is 15.9 Å². The van der Waals surface area contributed by atoms with E-state index in [-0.39, 0.29) is 0 Å². The number of hydrogen-bond acceptors (Lipinski definition) is 3. The van der Waals surface area contributed by atoms with Crippen molar-refractivity contribution in [2.24, 2.45) is 0 Å². The summed E-state index contributed by atoms with van der Waals surface area (Å²) in [7, 11) is 0. The summed E-state index contributed by atoms with van der Waals surface area (Å²) in [5.74, 6) is 0. The molecule has 1 aromatic carbocycles. The Morgan fingerprint density at radius 3 is 2.81 bits per heavy atom. The molecule has 0 fully saturated rings. The molecule has 0 unspecified atom stereocenters. The molecule has 0 saturated heterocycles. The molecule has 0 saturated carbocycles. The molecular formula is C16H12BrN3O. The van der Waals surface area contributed by atoms with Crippen molar-refractivity contribution in [1.82, 2.24) is 14.8 Å². The number of nitrogens with zero attached hydrogens (tertiary/aromatic N) is 3. The van der Waals surface area contributed by atoms with Crippen LogP contribution in [0, 0.1) is 6.92 Å². The number of aryl methyl sites for hydroxylation is 1. The molecule has 3 rings (SSSR count). The molecule has 0 N–H and O–H groups in total. The van der Waals surface area contributed by atoms with Gasteiger partial charge in [0, 0.05) is 28.6 Å². The molecule has 0 aliphatic carbocycles. The first-order valence-corrected chi connectivity index (χ1v) is 7.20. The fourth-order valence-corrected chi connectivity index (χ4v) is 2.68. The Kier molecular flexibility index (Phi) is 3.66. The van der Waals surface area contributed by atoms with Crippen LogP contribution in [0.4, 0.5) is 0 Å². The van der Waals surface area contributed by atoms with Crippen LogP contribution in [0.3, 0.4) is 0 Å². The van der Waals surface area contributed by atoms with E-state index in [0.29, 0.717) is 11.3 Å². The van der Waals surface area contributed by atoms with Crippen molar-refractivity contribution in [1.29, 1.82) is 0 Å². The molecule has 21 heavy (non-hydrogen) atoms. The molecule has 4 nitrogen and oxygen atoms in total. The van der Waals surface area contributed by atoms with Gasteiger partial charge in [-0.2, -0.15) is 5.10 Å². The molecule has 0 aliphatic heterocycles. The molecule has 3 aromatic rings. The quantitative estimate of drug-likeness (QED) is 0.680. The molecule has 5 heteroatoms. The van der Waals surface area contributed by atoms with Crippen molar-refractivity contribution >= 4 is 22.2 Å². The van der Waals surface area contributed by atoms with Crippen molar-refractivity contribution in [3.63, 3.8) is 0 Å². The first-order valence-electron chi connectivity index (χ1n) is 6.41. The molecule has 0 atom stereocenters. The number of pyridine rings is 1. The van der Waals surface area contributed by atoms with Gasteiger partial charge in [-0.3, -0.25) is 9.78 Å². The summed E-state index contributed by atoms with van der Waals surface area (Å²) in [6.45, 7) is 2.01. The van der Waals surface area contributed by atoms with E-state index in [9.17, 15) is 4.79 Å². The van der Waals surface area contributed by atoms with Crippen LogP contribution in [-0.2, 0) is 0 Å². The van der Waals surface area contributed by atoms with Crippen LogP contribution in [0.15, 0.2) is 53.4 Å². The monoisotopic (exact) mass is 341 g/mol. The standard InChI is InChI=1S/C16H12BrN3O/c1-11-7-14(17)4-5-15(11)20-9-13(10-21)16(19-20)12-3-2-6-18-8-12/h2-10H,1H3. The molecule has 104 valence electrons. The first-order chi connectivity index (χ1) is 10.2. The van der Waals surface area contributed by atoms with Crippen LogP contribution >= 0.6 is 15.9 Å². The van der Waals surface area contributed by atoms with Crippen LogP contribution in [0.2, 0.25) is 0 Å². The predicted octanol–water partition coefficient (Wildman–Crippen LogP) is 3.82. The average molecular weight is 342 g/mol. The van der Waals surface area contributed by atoms with Gasteiger partial charge in [0.15, 0.2) is 6.29 Å². The SMILES string of the molecule is Cc1cc(Br)ccc1-n1cc(C=O)c(-c2cccnc2)n1. The molecule has 2 aromatic heterocycles. The number of carbonyl (C=O) groups is 1. The Morgan fingerprint density at radius 1 is 1.29 bits per heavy atom. The smallest absolute Gasteiger partial charge is 0.153 e. The number of carbonyl (C=O) groups excluding carboxylic acids is 1. The summed E-state index contributed by atoms with van der Waals surface area (Å²) in [6.07, 6.45) is 5.96. The molecule has 0 radical (unpaired) electrons. The van der Waals surface area contributed by atoms with Crippen LogP contribution in [0.5, 0.6) is 0 Å². The van der Waals surface area contributed by atoms with Gasteiger partial charge in [0.2, 0.25) is 0 Å². The van der Waals surface area contributed by atoms with Gasteiger partial charge in [-0.1, -0.05) is 15.9 Å². The zero-order chi connectivity index (χ0) is 14.8. The molecule has 0 spiro atoms. The maximum atomic E-state index is 11.3. The van der Waals surface area contributed by atoms with E-state index >= 15 is 0 Å². The number of rotatable bonds is 3. The zero-order valence-electron chi connectivity index (χ0n) is 11.3. The largest absolute Gasteiger partial charge is 0.298 e. The minimum atomic E-state index is 0.547. The summed E-state index contributed by atoms with van der Waals surface area (Å²) in [4.78, 5) is 15.4. The van der Waals surface area contributed by atoms with Crippen molar-refractivity contribution in [3.05, 3.63) is 64.5 Å². The lowest BCUT2D eigenvalue weighted by Crippen LogP contribution is -1.97. The lowest BCUT2D eigenvalue weighted by molar-refractivity contribution is 0.112. The van der Waals surface area contributed by atoms with Crippen LogP contribution < -0.4 is 0 Å². The highest BCUT2D eigenvalue weighted by Gasteiger charge is 2.12. The summed E-state index contributed by atoms with van der Waals surface area (Å²) < 4.78 is 2.74. The number of benzene rings is 1. The zero-order valence-corrected chi connectivity index (χ0v) is 12.9. The van der Waals surface area contributed by atoms with Crippen LogP contribution in [-0.4, -0.2) is 21.1 Å². The lowest BCUT2D eigenvalue weighted by atomic mass is 10.1. The minimum absolute atomic E-state index is 0.547. The highest BCUT2D eigenvalue weighted by Crippen LogP contribution is 2.24. The Bertz CT molecular complexity index is 797. The van der Waals surface area contributed by atoms with Gasteiger partial charge in [-0.05, 0) is 42.8 Å². The normalized spacial score (nSPS) is 10.6. The Morgan fingerprint density at radius 2 is 2.14 bits per heavy atom. The van der Waals surface area contributed by atoms with Crippen LogP contribution in [0.25, 0.3) is 16.9 Å². The van der Waals surface area contributed by atoms with E-state index in [0.717, 1.165) is 27.6 Å². The third kappa shape index (κ3) is 2.64. The van der Waals surface area contributed by atoms with Gasteiger partial charge >= 0.3 is 0 Å². The van der Waals surface area contributed by atoms with E-state index in [1.54, 1.807) is 23.3 Å². The van der Waals surface area contributed by atoms with Gasteiger partial charge in [-0.15, -0.1) is 0 Å². The number of aromatic nitrogens is 3. The van der Waals surface area contributed by atoms with Crippen molar-refractivity contribution in [3.8, 4) is 16.9 Å². The van der Waals surface area contributed by atoms with Gasteiger partial charge in [-0.25, -0.2) is 4.68 Å². The summed E-state index contributed by atoms with van der Waals surface area (Å²) >= 11 is 3.44. The van der Waals surface area contributed by atoms with E-state index in [1.165, 1.54) is 0 Å². The lowest BCUT2D eigenvalue weighted by Gasteiger charge is -2.06. The highest BCUT2D eigenvalue weighted by molar-refractivity contribution is 9.10. The fourth-order valence-electron chi connectivity index (χ4n) is 2.20. The minimum Gasteiger partial charge on any atom is -0.298 e. The van der Waals surface area contributed by atoms with E-state index in [4.69, 9.17) is 0 Å². The summed E-state index contributed by atoms with van der Waals surface area (Å²) in [6, 6.07) is 9.65. The second-order valence-electron chi connectivity index (χ2n) is 4.67. The maximum Gasteiger partial charge on any atom is 0.153 e. The third-order valence-corrected chi connectivity index (χ3v) is 3.70. The van der Waals surface area contributed by atoms with Crippen molar-refractivity contribution in [2.45, 2.75) is 6.92 Å². The average Bonchev–Trinajstić information content (AvgIpc) is 2.92. The Balaban J connectivity index is 2.14. The van der Waals surface area contributed by atoms with Crippen molar-refractivity contribution < 1.29 is 4.79 Å². The van der Waals surface area contributed by atoms with Gasteiger partial charge in [0.1, 0.15) is 5.69 Å². The number of hydrogen-bond donors (Lipinski definition) is 0. The van der Waals surface area contributed by atoms with E-state index < -0.39 is 0 Å². The first kappa shape index (κ1) is 13.7. The molecule has 2 heterocycles. The van der Waals surface area contributed by atoms with E-state index in [2.05, 4.69) is 26.0 Å². The fraction of sp³-hybridized carbons (Fsp3) is 0.0625. The molecule has 0 aliphatic rings. The number of halogens is 1. The summed E-state index contributed by atoms with van der Waals surface area (Å²) in [5, 5.41) is 4.54. The Hall–Kier alpha value is -2.27. The molecule has 0 bridgehead atoms.